The molecule has 0 bridgehead atoms. The van der Waals surface area contributed by atoms with Gasteiger partial charge in [0.05, 0.1) is 32.5 Å². The van der Waals surface area contributed by atoms with Crippen molar-refractivity contribution in [3.63, 3.8) is 0 Å². The van der Waals surface area contributed by atoms with Gasteiger partial charge < -0.3 is 20.3 Å². The number of ether oxygens (including phenoxy) is 2. The molecule has 0 spiro atoms. The van der Waals surface area contributed by atoms with E-state index in [9.17, 15) is 5.11 Å². The first-order valence-electron chi connectivity index (χ1n) is 10.4. The third-order valence-electron chi connectivity index (χ3n) is 6.27. The number of nitrogens with two attached hydrogens (primary N) is 1. The molecule has 152 valence electrons. The molecule has 5 heteroatoms. The normalized spacial score (nSPS) is 27.1. The van der Waals surface area contributed by atoms with Crippen LogP contribution in [-0.4, -0.2) is 36.6 Å². The van der Waals surface area contributed by atoms with Gasteiger partial charge in [-0.25, -0.2) is 0 Å². The summed E-state index contributed by atoms with van der Waals surface area (Å²) in [4.78, 5) is 0. The minimum Gasteiger partial charge on any atom is -0.394 e. The predicted molar refractivity (Wildman–Crippen MR) is 113 cm³/mol. The molecule has 0 saturated heterocycles. The lowest BCUT2D eigenvalue weighted by molar-refractivity contribution is -0.00453. The number of rotatable bonds is 8. The SMILES string of the molecule is N[C@]1(CO)CC[C@H](c2ccc3c(c2)CC[C@H](OCCOCc2ccsc2)C3)C1. The molecule has 3 atom stereocenters. The Morgan fingerprint density at radius 2 is 2.11 bits per heavy atom. The van der Waals surface area contributed by atoms with Crippen molar-refractivity contribution in [3.8, 4) is 0 Å². The summed E-state index contributed by atoms with van der Waals surface area (Å²) in [6.07, 6.45) is 6.30. The van der Waals surface area contributed by atoms with Gasteiger partial charge in [-0.05, 0) is 83.5 Å². The van der Waals surface area contributed by atoms with E-state index in [-0.39, 0.29) is 12.1 Å². The second kappa shape index (κ2) is 9.06. The zero-order valence-corrected chi connectivity index (χ0v) is 17.3. The number of benzene rings is 1. The highest BCUT2D eigenvalue weighted by atomic mass is 32.1. The third-order valence-corrected chi connectivity index (χ3v) is 7.01. The monoisotopic (exact) mass is 401 g/mol. The van der Waals surface area contributed by atoms with E-state index in [1.165, 1.54) is 22.3 Å². The summed E-state index contributed by atoms with van der Waals surface area (Å²) in [5, 5.41) is 13.7. The lowest BCUT2D eigenvalue weighted by Gasteiger charge is -2.26. The van der Waals surface area contributed by atoms with Gasteiger partial charge in [-0.1, -0.05) is 18.2 Å². The van der Waals surface area contributed by atoms with E-state index in [0.717, 1.165) is 38.5 Å². The molecule has 3 N–H and O–H groups in total. The van der Waals surface area contributed by atoms with Gasteiger partial charge in [0.2, 0.25) is 0 Å². The Kier molecular flexibility index (Phi) is 6.48. The molecule has 28 heavy (non-hydrogen) atoms. The second-order valence-corrected chi connectivity index (χ2v) is 9.19. The van der Waals surface area contributed by atoms with Crippen molar-refractivity contribution >= 4 is 11.3 Å². The zero-order chi connectivity index (χ0) is 19.4. The summed E-state index contributed by atoms with van der Waals surface area (Å²) in [6, 6.07) is 9.02. The third kappa shape index (κ3) is 4.84. The summed E-state index contributed by atoms with van der Waals surface area (Å²) in [5.41, 5.74) is 11.4. The quantitative estimate of drug-likeness (QED) is 0.661. The molecule has 1 aromatic heterocycles. The molecule has 2 aliphatic rings. The van der Waals surface area contributed by atoms with E-state index >= 15 is 0 Å². The van der Waals surface area contributed by atoms with Crippen molar-refractivity contribution in [1.29, 1.82) is 0 Å². The lowest BCUT2D eigenvalue weighted by atomic mass is 9.85. The topological polar surface area (TPSA) is 64.7 Å². The number of hydrogen-bond donors (Lipinski definition) is 2. The first-order chi connectivity index (χ1) is 13.6. The Bertz CT molecular complexity index is 763. The molecular weight excluding hydrogens is 370 g/mol. The molecule has 0 radical (unpaired) electrons. The minimum absolute atomic E-state index is 0.0877. The van der Waals surface area contributed by atoms with Gasteiger partial charge in [0.25, 0.3) is 0 Å². The maximum absolute atomic E-state index is 9.52. The van der Waals surface area contributed by atoms with E-state index in [2.05, 4.69) is 35.0 Å². The van der Waals surface area contributed by atoms with Crippen LogP contribution in [-0.2, 0) is 28.9 Å². The molecule has 0 unspecified atom stereocenters. The van der Waals surface area contributed by atoms with Gasteiger partial charge in [0, 0.05) is 5.54 Å². The summed E-state index contributed by atoms with van der Waals surface area (Å²) in [5.74, 6) is 0.483. The Hall–Kier alpha value is -1.24. The van der Waals surface area contributed by atoms with Crippen molar-refractivity contribution in [2.75, 3.05) is 19.8 Å². The molecule has 1 fully saturated rings. The Balaban J connectivity index is 1.24. The highest BCUT2D eigenvalue weighted by Gasteiger charge is 2.36. The lowest BCUT2D eigenvalue weighted by Crippen LogP contribution is -2.40. The maximum atomic E-state index is 9.52. The Labute approximate surface area is 171 Å². The van der Waals surface area contributed by atoms with Crippen molar-refractivity contribution in [1.82, 2.24) is 0 Å². The van der Waals surface area contributed by atoms with Crippen LogP contribution in [0.3, 0.4) is 0 Å². The molecule has 0 aliphatic heterocycles. The van der Waals surface area contributed by atoms with Gasteiger partial charge in [-0.3, -0.25) is 0 Å². The average Bonchev–Trinajstić information content (AvgIpc) is 3.38. The number of aliphatic hydroxyl groups excluding tert-OH is 1. The second-order valence-electron chi connectivity index (χ2n) is 8.41. The van der Waals surface area contributed by atoms with Crippen molar-refractivity contribution in [3.05, 3.63) is 57.3 Å². The summed E-state index contributed by atoms with van der Waals surface area (Å²) in [7, 11) is 0. The highest BCUT2D eigenvalue weighted by molar-refractivity contribution is 7.07. The zero-order valence-electron chi connectivity index (χ0n) is 16.4. The predicted octanol–water partition coefficient (Wildman–Crippen LogP) is 3.80. The van der Waals surface area contributed by atoms with E-state index in [0.29, 0.717) is 31.8 Å². The Morgan fingerprint density at radius 1 is 1.18 bits per heavy atom. The molecule has 4 rings (SSSR count). The fourth-order valence-corrected chi connectivity index (χ4v) is 5.21. The molecular formula is C23H31NO3S. The maximum Gasteiger partial charge on any atom is 0.0726 e. The summed E-state index contributed by atoms with van der Waals surface area (Å²) < 4.78 is 11.8. The largest absolute Gasteiger partial charge is 0.394 e. The van der Waals surface area contributed by atoms with E-state index < -0.39 is 0 Å². The van der Waals surface area contributed by atoms with E-state index in [1.807, 2.05) is 0 Å². The van der Waals surface area contributed by atoms with Crippen LogP contribution in [0.4, 0.5) is 0 Å². The summed E-state index contributed by atoms with van der Waals surface area (Å²) in [6.45, 7) is 2.06. The standard InChI is InChI=1S/C23H31NO3S/c24-23(16-25)7-5-21(13-23)19-1-2-20-12-22(4-3-18(20)11-19)27-9-8-26-14-17-6-10-28-15-17/h1-2,6,10-11,15,21-22,25H,3-5,7-9,12-14,16,24H2/t21-,22-,23+/m0/s1. The summed E-state index contributed by atoms with van der Waals surface area (Å²) >= 11 is 1.70. The van der Waals surface area contributed by atoms with E-state index in [1.54, 1.807) is 11.3 Å². The van der Waals surface area contributed by atoms with Crippen LogP contribution < -0.4 is 5.73 Å². The van der Waals surface area contributed by atoms with Gasteiger partial charge in [0.15, 0.2) is 0 Å². The number of fused-ring (bicyclic) bond motifs is 1. The van der Waals surface area contributed by atoms with E-state index in [4.69, 9.17) is 15.2 Å². The van der Waals surface area contributed by atoms with Crippen molar-refractivity contribution in [2.24, 2.45) is 5.73 Å². The van der Waals surface area contributed by atoms with Crippen LogP contribution in [0, 0.1) is 0 Å². The van der Waals surface area contributed by atoms with Crippen LogP contribution in [0.25, 0.3) is 0 Å². The molecule has 1 saturated carbocycles. The van der Waals surface area contributed by atoms with Gasteiger partial charge >= 0.3 is 0 Å². The molecule has 1 heterocycles. The Morgan fingerprint density at radius 3 is 2.89 bits per heavy atom. The van der Waals surface area contributed by atoms with Crippen LogP contribution in [0.5, 0.6) is 0 Å². The average molecular weight is 402 g/mol. The first-order valence-corrected chi connectivity index (χ1v) is 11.3. The smallest absolute Gasteiger partial charge is 0.0726 e. The molecule has 2 aromatic rings. The number of hydrogen-bond acceptors (Lipinski definition) is 5. The molecule has 1 aromatic carbocycles. The van der Waals surface area contributed by atoms with Crippen molar-refractivity contribution in [2.45, 2.75) is 62.7 Å². The molecule has 0 amide bonds. The van der Waals surface area contributed by atoms with Gasteiger partial charge in [-0.2, -0.15) is 11.3 Å². The number of thiophene rings is 1. The first kappa shape index (κ1) is 20.0. The van der Waals surface area contributed by atoms with Crippen LogP contribution in [0.15, 0.2) is 35.0 Å². The molecule has 4 nitrogen and oxygen atoms in total. The highest BCUT2D eigenvalue weighted by Crippen LogP contribution is 2.40. The van der Waals surface area contributed by atoms with Crippen LogP contribution in [0.1, 0.15) is 53.9 Å². The minimum atomic E-state index is -0.384. The number of aryl methyl sites for hydroxylation is 1. The molecule has 2 aliphatic carbocycles. The van der Waals surface area contributed by atoms with Crippen LogP contribution >= 0.6 is 11.3 Å². The van der Waals surface area contributed by atoms with Gasteiger partial charge in [0.1, 0.15) is 0 Å². The fourth-order valence-electron chi connectivity index (χ4n) is 4.56. The van der Waals surface area contributed by atoms with Gasteiger partial charge in [-0.15, -0.1) is 0 Å². The van der Waals surface area contributed by atoms with Crippen LogP contribution in [0.2, 0.25) is 0 Å². The fraction of sp³-hybridized carbons (Fsp3) is 0.565. The van der Waals surface area contributed by atoms with Crippen molar-refractivity contribution < 1.29 is 14.6 Å². The number of aliphatic hydroxyl groups is 1.